The van der Waals surface area contributed by atoms with Crippen LogP contribution in [0.3, 0.4) is 0 Å². The van der Waals surface area contributed by atoms with Gasteiger partial charge in [-0.25, -0.2) is 5.48 Å². The van der Waals surface area contributed by atoms with Crippen LogP contribution < -0.4 is 5.48 Å². The van der Waals surface area contributed by atoms with Crippen molar-refractivity contribution in [2.75, 3.05) is 0 Å². The summed E-state index contributed by atoms with van der Waals surface area (Å²) in [4.78, 5) is 24.6. The number of likely N-dealkylation sites (tertiary alicyclic amines) is 1. The Kier molecular flexibility index (Phi) is 3.84. The third-order valence-electron chi connectivity index (χ3n) is 3.04. The zero-order valence-electron chi connectivity index (χ0n) is 9.60. The summed E-state index contributed by atoms with van der Waals surface area (Å²) in [6.45, 7) is 0.274. The average Bonchev–Trinajstić information content (AvgIpc) is 2.73. The third-order valence-corrected chi connectivity index (χ3v) is 3.41. The Morgan fingerprint density at radius 3 is 2.89 bits per heavy atom. The summed E-state index contributed by atoms with van der Waals surface area (Å²) in [5.74, 6) is -0.670. The van der Waals surface area contributed by atoms with E-state index in [0.29, 0.717) is 17.9 Å². The lowest BCUT2D eigenvalue weighted by Gasteiger charge is -2.23. The van der Waals surface area contributed by atoms with Gasteiger partial charge in [-0.1, -0.05) is 29.8 Å². The van der Waals surface area contributed by atoms with Gasteiger partial charge in [0.25, 0.3) is 5.91 Å². The van der Waals surface area contributed by atoms with Gasteiger partial charge in [0.1, 0.15) is 6.04 Å². The van der Waals surface area contributed by atoms with Crippen LogP contribution in [-0.4, -0.2) is 28.0 Å². The van der Waals surface area contributed by atoms with Crippen LogP contribution in [0.4, 0.5) is 0 Å². The Morgan fingerprint density at radius 2 is 2.22 bits per heavy atom. The number of nitrogens with one attached hydrogen (secondary N) is 1. The Bertz CT molecular complexity index is 478. The third kappa shape index (κ3) is 2.47. The first kappa shape index (κ1) is 12.9. The van der Waals surface area contributed by atoms with Gasteiger partial charge in [0.15, 0.2) is 0 Å². The Balaban J connectivity index is 2.18. The minimum atomic E-state index is -0.626. The van der Waals surface area contributed by atoms with Crippen LogP contribution in [0.2, 0.25) is 5.02 Å². The molecular formula is C12H13ClN2O3. The van der Waals surface area contributed by atoms with Gasteiger partial charge in [0.2, 0.25) is 5.91 Å². The molecule has 1 aromatic rings. The number of hydroxylamine groups is 1. The molecule has 0 aromatic heterocycles. The predicted octanol–water partition coefficient (Wildman–Crippen LogP) is 1.34. The summed E-state index contributed by atoms with van der Waals surface area (Å²) in [5, 5.41) is 9.21. The Morgan fingerprint density at radius 1 is 1.50 bits per heavy atom. The van der Waals surface area contributed by atoms with E-state index in [2.05, 4.69) is 0 Å². The standard InChI is InChI=1S/C12H13ClN2O3/c13-9-4-2-1-3-8(9)7-15-10(12(17)14-18)5-6-11(15)16/h1-4,10,18H,5-7H2,(H,14,17)/t10-/m0/s1. The molecular weight excluding hydrogens is 256 g/mol. The molecule has 5 nitrogen and oxygen atoms in total. The molecule has 1 fully saturated rings. The number of rotatable bonds is 3. The maximum absolute atomic E-state index is 11.7. The molecule has 0 radical (unpaired) electrons. The lowest BCUT2D eigenvalue weighted by molar-refractivity contribution is -0.140. The highest BCUT2D eigenvalue weighted by molar-refractivity contribution is 6.31. The van der Waals surface area contributed by atoms with Gasteiger partial charge in [-0.2, -0.15) is 0 Å². The molecule has 1 aromatic carbocycles. The van der Waals surface area contributed by atoms with Crippen molar-refractivity contribution in [1.29, 1.82) is 0 Å². The van der Waals surface area contributed by atoms with Crippen molar-refractivity contribution in [3.8, 4) is 0 Å². The number of benzene rings is 1. The van der Waals surface area contributed by atoms with Crippen molar-refractivity contribution in [2.45, 2.75) is 25.4 Å². The second kappa shape index (κ2) is 5.37. The molecule has 1 aliphatic heterocycles. The lowest BCUT2D eigenvalue weighted by Crippen LogP contribution is -2.43. The van der Waals surface area contributed by atoms with Gasteiger partial charge in [0, 0.05) is 18.0 Å². The first-order valence-electron chi connectivity index (χ1n) is 5.60. The number of amides is 2. The molecule has 0 bridgehead atoms. The van der Waals surface area contributed by atoms with E-state index >= 15 is 0 Å². The molecule has 0 spiro atoms. The Labute approximate surface area is 109 Å². The van der Waals surface area contributed by atoms with Crippen molar-refractivity contribution in [2.24, 2.45) is 0 Å². The molecule has 2 N–H and O–H groups in total. The second-order valence-corrected chi connectivity index (χ2v) is 4.55. The van der Waals surface area contributed by atoms with E-state index in [1.165, 1.54) is 4.90 Å². The normalized spacial score (nSPS) is 19.1. The number of halogens is 1. The van der Waals surface area contributed by atoms with Crippen LogP contribution in [0.25, 0.3) is 0 Å². The van der Waals surface area contributed by atoms with Gasteiger partial charge in [-0.15, -0.1) is 0 Å². The summed E-state index contributed by atoms with van der Waals surface area (Å²) < 4.78 is 0. The molecule has 96 valence electrons. The fourth-order valence-corrected chi connectivity index (χ4v) is 2.28. The van der Waals surface area contributed by atoms with Gasteiger partial charge < -0.3 is 4.90 Å². The molecule has 0 aliphatic carbocycles. The van der Waals surface area contributed by atoms with Gasteiger partial charge in [-0.05, 0) is 18.1 Å². The summed E-state index contributed by atoms with van der Waals surface area (Å²) in [7, 11) is 0. The molecule has 0 saturated carbocycles. The van der Waals surface area contributed by atoms with Crippen LogP contribution >= 0.6 is 11.6 Å². The molecule has 2 rings (SSSR count). The van der Waals surface area contributed by atoms with Gasteiger partial charge >= 0.3 is 0 Å². The fourth-order valence-electron chi connectivity index (χ4n) is 2.09. The molecule has 6 heteroatoms. The maximum Gasteiger partial charge on any atom is 0.266 e. The first-order chi connectivity index (χ1) is 8.63. The second-order valence-electron chi connectivity index (χ2n) is 4.14. The summed E-state index contributed by atoms with van der Waals surface area (Å²) in [6, 6.07) is 6.54. The molecule has 1 aliphatic rings. The number of carbonyl (C=O) groups excluding carboxylic acids is 2. The van der Waals surface area contributed by atoms with Crippen LogP contribution in [0.15, 0.2) is 24.3 Å². The molecule has 1 atom stereocenters. The quantitative estimate of drug-likeness (QED) is 0.642. The lowest BCUT2D eigenvalue weighted by atomic mass is 10.1. The molecule has 1 saturated heterocycles. The topological polar surface area (TPSA) is 69.6 Å². The van der Waals surface area contributed by atoms with E-state index in [0.717, 1.165) is 5.56 Å². The van der Waals surface area contributed by atoms with Crippen LogP contribution in [-0.2, 0) is 16.1 Å². The summed E-state index contributed by atoms with van der Waals surface area (Å²) >= 11 is 6.02. The highest BCUT2D eigenvalue weighted by Gasteiger charge is 2.36. The number of hydrogen-bond acceptors (Lipinski definition) is 3. The minimum absolute atomic E-state index is 0.108. The van der Waals surface area contributed by atoms with Crippen molar-refractivity contribution in [3.05, 3.63) is 34.9 Å². The van der Waals surface area contributed by atoms with Crippen molar-refractivity contribution >= 4 is 23.4 Å². The summed E-state index contributed by atoms with van der Waals surface area (Å²) in [5.41, 5.74) is 2.37. The summed E-state index contributed by atoms with van der Waals surface area (Å²) in [6.07, 6.45) is 0.720. The monoisotopic (exact) mass is 268 g/mol. The number of carbonyl (C=O) groups is 2. The molecule has 1 heterocycles. The first-order valence-corrected chi connectivity index (χ1v) is 5.98. The minimum Gasteiger partial charge on any atom is -0.326 e. The highest BCUT2D eigenvalue weighted by atomic mass is 35.5. The maximum atomic E-state index is 11.7. The van der Waals surface area contributed by atoms with Gasteiger partial charge in [-0.3, -0.25) is 14.8 Å². The Hall–Kier alpha value is -1.59. The fraction of sp³-hybridized carbons (Fsp3) is 0.333. The zero-order valence-corrected chi connectivity index (χ0v) is 10.4. The average molecular weight is 269 g/mol. The van der Waals surface area contributed by atoms with Crippen molar-refractivity contribution in [1.82, 2.24) is 10.4 Å². The predicted molar refractivity (Wildman–Crippen MR) is 65.0 cm³/mol. The van der Waals surface area contributed by atoms with Crippen LogP contribution in [0.1, 0.15) is 18.4 Å². The van der Waals surface area contributed by atoms with E-state index in [1.54, 1.807) is 17.6 Å². The SMILES string of the molecule is O=C(NO)[C@@H]1CCC(=O)N1Cc1ccccc1Cl. The van der Waals surface area contributed by atoms with E-state index in [4.69, 9.17) is 16.8 Å². The van der Waals surface area contributed by atoms with Gasteiger partial charge in [0.05, 0.1) is 0 Å². The number of nitrogens with zero attached hydrogens (tertiary/aromatic N) is 1. The molecule has 2 amide bonds. The van der Waals surface area contributed by atoms with Crippen molar-refractivity contribution < 1.29 is 14.8 Å². The van der Waals surface area contributed by atoms with Crippen molar-refractivity contribution in [3.63, 3.8) is 0 Å². The highest BCUT2D eigenvalue weighted by Crippen LogP contribution is 2.24. The number of hydrogen-bond donors (Lipinski definition) is 2. The zero-order chi connectivity index (χ0) is 13.1. The largest absolute Gasteiger partial charge is 0.326 e. The smallest absolute Gasteiger partial charge is 0.266 e. The van der Waals surface area contributed by atoms with Crippen LogP contribution in [0, 0.1) is 0 Å². The van der Waals surface area contributed by atoms with E-state index < -0.39 is 11.9 Å². The van der Waals surface area contributed by atoms with Crippen LogP contribution in [0.5, 0.6) is 0 Å². The van der Waals surface area contributed by atoms with E-state index in [1.807, 2.05) is 12.1 Å². The molecule has 18 heavy (non-hydrogen) atoms. The van der Waals surface area contributed by atoms with E-state index in [-0.39, 0.29) is 12.5 Å². The van der Waals surface area contributed by atoms with E-state index in [9.17, 15) is 9.59 Å². The molecule has 0 unspecified atom stereocenters.